The number of unbranched alkanes of at least 4 members (excludes halogenated alkanes) is 2. The fourth-order valence-electron chi connectivity index (χ4n) is 10.5. The number of oxime groups is 1. The lowest BCUT2D eigenvalue weighted by Crippen LogP contribution is -2.70. The van der Waals surface area contributed by atoms with Gasteiger partial charge in [-0.3, -0.25) is 4.79 Å². The number of aliphatic hydroxyl groups is 2. The summed E-state index contributed by atoms with van der Waals surface area (Å²) in [6.07, 6.45) is 10.6. The van der Waals surface area contributed by atoms with Gasteiger partial charge in [-0.25, -0.2) is 4.39 Å². The monoisotopic (exact) mass is 943 g/mol. The minimum atomic E-state index is -1.53. The predicted octanol–water partition coefficient (Wildman–Crippen LogP) is 10.4. The van der Waals surface area contributed by atoms with Crippen LogP contribution in [0, 0.1) is 34.9 Å². The average molecular weight is 944 g/mol. The molecule has 7 atom stereocenters. The Morgan fingerprint density at radius 2 is 1.76 bits per heavy atom. The van der Waals surface area contributed by atoms with Crippen molar-refractivity contribution in [2.24, 2.45) is 22.9 Å². The first kappa shape index (κ1) is 48.9. The van der Waals surface area contributed by atoms with Crippen LogP contribution in [0.3, 0.4) is 0 Å². The number of hydrogen-bond donors (Lipinski definition) is 2. The van der Waals surface area contributed by atoms with Gasteiger partial charge in [-0.2, -0.15) is 5.26 Å². The van der Waals surface area contributed by atoms with Gasteiger partial charge in [0.15, 0.2) is 0 Å². The number of fused-ring (bicyclic) bond motifs is 2. The van der Waals surface area contributed by atoms with Crippen LogP contribution in [0.4, 0.5) is 4.39 Å². The maximum atomic E-state index is 15.4. The van der Waals surface area contributed by atoms with E-state index in [1.54, 1.807) is 59.1 Å². The second kappa shape index (κ2) is 23.7. The lowest BCUT2D eigenvalue weighted by Gasteiger charge is -2.60. The normalized spacial score (nSPS) is 24.4. The SMILES string of the molecule is C=CCOC12Oc3ccc(OCCSc4ccccc4)cc3C3C(CCCCO)C(CCCCO)C=C(C(=NOC4CCCCO4)CC1N(Cc1ccc(F)cc1)C(=O)c1ccc(C#N)cc1)C32. The molecular weight excluding hydrogens is 882 g/mol. The molecule has 358 valence electrons. The van der Waals surface area contributed by atoms with E-state index >= 15 is 4.79 Å². The number of rotatable bonds is 22. The van der Waals surface area contributed by atoms with Crippen molar-refractivity contribution in [3.63, 3.8) is 0 Å². The van der Waals surface area contributed by atoms with Crippen LogP contribution in [0.15, 0.2) is 131 Å². The first-order valence-corrected chi connectivity index (χ1v) is 25.1. The zero-order valence-corrected chi connectivity index (χ0v) is 39.4. The number of thioether (sulfide) groups is 1. The van der Waals surface area contributed by atoms with E-state index < -0.39 is 29.9 Å². The first-order chi connectivity index (χ1) is 33.3. The Hall–Kier alpha value is -5.49. The summed E-state index contributed by atoms with van der Waals surface area (Å²) in [5.41, 5.74) is 3.96. The zero-order valence-electron chi connectivity index (χ0n) is 38.6. The molecule has 11 nitrogen and oxygen atoms in total. The Labute approximate surface area is 403 Å². The Morgan fingerprint density at radius 1 is 0.985 bits per heavy atom. The van der Waals surface area contributed by atoms with Gasteiger partial charge >= 0.3 is 0 Å². The summed E-state index contributed by atoms with van der Waals surface area (Å²) in [5.74, 6) is -0.979. The predicted molar refractivity (Wildman–Crippen MR) is 260 cm³/mol. The highest BCUT2D eigenvalue weighted by atomic mass is 32.2. The maximum Gasteiger partial charge on any atom is 0.254 e. The van der Waals surface area contributed by atoms with E-state index in [2.05, 4.69) is 36.9 Å². The van der Waals surface area contributed by atoms with E-state index in [0.29, 0.717) is 66.4 Å². The number of carbonyl (C=O) groups excluding carboxylic acids is 1. The highest BCUT2D eigenvalue weighted by Gasteiger charge is 2.65. The van der Waals surface area contributed by atoms with Crippen LogP contribution in [0.2, 0.25) is 0 Å². The lowest BCUT2D eigenvalue weighted by atomic mass is 9.55. The molecule has 8 rings (SSSR count). The molecule has 1 saturated carbocycles. The molecule has 13 heteroatoms. The van der Waals surface area contributed by atoms with Crippen molar-refractivity contribution in [1.82, 2.24) is 4.90 Å². The molecule has 7 unspecified atom stereocenters. The fourth-order valence-corrected chi connectivity index (χ4v) is 11.2. The van der Waals surface area contributed by atoms with Crippen molar-refractivity contribution in [3.8, 4) is 17.6 Å². The van der Waals surface area contributed by atoms with Crippen LogP contribution in [0.5, 0.6) is 11.5 Å². The van der Waals surface area contributed by atoms with Crippen LogP contribution < -0.4 is 9.47 Å². The molecule has 0 bridgehead atoms. The van der Waals surface area contributed by atoms with Crippen molar-refractivity contribution < 1.29 is 43.2 Å². The first-order valence-electron chi connectivity index (χ1n) is 24.1. The number of hydrogen-bond acceptors (Lipinski definition) is 11. The molecule has 68 heavy (non-hydrogen) atoms. The third-order valence-electron chi connectivity index (χ3n) is 13.6. The van der Waals surface area contributed by atoms with Gasteiger partial charge in [-0.05, 0) is 128 Å². The van der Waals surface area contributed by atoms with Gasteiger partial charge in [0.2, 0.25) is 12.1 Å². The summed E-state index contributed by atoms with van der Waals surface area (Å²) in [4.78, 5) is 24.6. The number of halogens is 1. The average Bonchev–Trinajstić information content (AvgIpc) is 3.37. The summed E-state index contributed by atoms with van der Waals surface area (Å²) in [5, 5.41) is 34.7. The van der Waals surface area contributed by atoms with E-state index in [9.17, 15) is 19.9 Å². The lowest BCUT2D eigenvalue weighted by molar-refractivity contribution is -0.255. The second-order valence-electron chi connectivity index (χ2n) is 17.9. The second-order valence-corrected chi connectivity index (χ2v) is 19.1. The molecule has 0 aromatic heterocycles. The van der Waals surface area contributed by atoms with Gasteiger partial charge < -0.3 is 38.9 Å². The number of aliphatic hydroxyl groups excluding tert-OH is 2. The quantitative estimate of drug-likeness (QED) is 0.0338. The van der Waals surface area contributed by atoms with Gasteiger partial charge in [0.05, 0.1) is 43.1 Å². The molecule has 0 radical (unpaired) electrons. The Balaban J connectivity index is 1.31. The summed E-state index contributed by atoms with van der Waals surface area (Å²) < 4.78 is 41.7. The topological polar surface area (TPSA) is 143 Å². The number of ether oxygens (including phenoxy) is 4. The summed E-state index contributed by atoms with van der Waals surface area (Å²) in [6, 6.07) is 30.2. The van der Waals surface area contributed by atoms with E-state index in [1.165, 1.54) is 17.0 Å². The van der Waals surface area contributed by atoms with Gasteiger partial charge in [-0.1, -0.05) is 60.5 Å². The molecule has 4 aromatic rings. The van der Waals surface area contributed by atoms with Gasteiger partial charge in [0, 0.05) is 60.3 Å². The molecular formula is C55H62FN3O8S. The molecule has 2 heterocycles. The maximum absolute atomic E-state index is 15.4. The fraction of sp³-hybridized carbons (Fsp3) is 0.436. The molecule has 1 amide bonds. The van der Waals surface area contributed by atoms with Gasteiger partial charge in [0.25, 0.3) is 5.91 Å². The minimum Gasteiger partial charge on any atom is -0.493 e. The van der Waals surface area contributed by atoms with Crippen molar-refractivity contribution >= 4 is 23.4 Å². The summed E-state index contributed by atoms with van der Waals surface area (Å²) in [6.45, 7) is 5.41. The smallest absolute Gasteiger partial charge is 0.254 e. The number of carbonyl (C=O) groups is 1. The highest BCUT2D eigenvalue weighted by Crippen LogP contribution is 2.62. The molecule has 0 spiro atoms. The molecule has 1 saturated heterocycles. The van der Waals surface area contributed by atoms with Crippen molar-refractivity contribution in [3.05, 3.63) is 149 Å². The largest absolute Gasteiger partial charge is 0.493 e. The van der Waals surface area contributed by atoms with Gasteiger partial charge in [0.1, 0.15) is 23.4 Å². The molecule has 4 aliphatic rings. The molecule has 2 aliphatic heterocycles. The number of nitriles is 1. The van der Waals surface area contributed by atoms with E-state index in [4.69, 9.17) is 28.9 Å². The van der Waals surface area contributed by atoms with Crippen LogP contribution in [-0.2, 0) is 20.9 Å². The number of benzene rings is 4. The minimum absolute atomic E-state index is 0.00890. The van der Waals surface area contributed by atoms with Crippen LogP contribution >= 0.6 is 11.8 Å². The number of amides is 1. The Morgan fingerprint density at radius 3 is 2.49 bits per heavy atom. The van der Waals surface area contributed by atoms with Crippen LogP contribution in [-0.4, -0.2) is 83.6 Å². The van der Waals surface area contributed by atoms with E-state index in [1.807, 2.05) is 30.3 Å². The Bertz CT molecular complexity index is 2400. The standard InChI is InChI=1S/C55H62FN3O8S/c1-2-29-65-55-50(59(37-39-19-23-42(56)24-20-39)54(62)40-21-17-38(36-57)18-22-40)35-48(58-67-51-16-8-11-30-64-51)46-33-41(12-6-9-27-60)45(15-7-10-28-61)52(53(46)55)47-34-43(25-26-49(47)66-55)63-31-32-68-44-13-4-3-5-14-44/h2-5,13-14,17-26,33-34,41,45,50-53,60-61H,1,6-12,15-16,27-32,35,37H2. The van der Waals surface area contributed by atoms with Crippen LogP contribution in [0.1, 0.15) is 97.2 Å². The summed E-state index contributed by atoms with van der Waals surface area (Å²) >= 11 is 1.73. The molecule has 2 aliphatic carbocycles. The molecule has 2 N–H and O–H groups in total. The molecule has 4 aromatic carbocycles. The number of nitrogens with zero attached hydrogens (tertiary/aromatic N) is 3. The third kappa shape index (κ3) is 11.3. The van der Waals surface area contributed by atoms with E-state index in [-0.39, 0.29) is 56.4 Å². The summed E-state index contributed by atoms with van der Waals surface area (Å²) in [7, 11) is 0. The third-order valence-corrected chi connectivity index (χ3v) is 14.6. The van der Waals surface area contributed by atoms with Crippen molar-refractivity contribution in [2.45, 2.75) is 99.7 Å². The highest BCUT2D eigenvalue weighted by molar-refractivity contribution is 7.99. The van der Waals surface area contributed by atoms with Crippen molar-refractivity contribution in [2.75, 3.05) is 38.8 Å². The van der Waals surface area contributed by atoms with E-state index in [0.717, 1.165) is 55.4 Å². The zero-order chi connectivity index (χ0) is 47.3. The molecule has 2 fully saturated rings. The van der Waals surface area contributed by atoms with Crippen molar-refractivity contribution in [1.29, 1.82) is 5.26 Å². The number of allylic oxidation sites excluding steroid dienone is 1. The Kier molecular flexibility index (Phi) is 17.1. The van der Waals surface area contributed by atoms with Crippen LogP contribution in [0.25, 0.3) is 0 Å². The van der Waals surface area contributed by atoms with Gasteiger partial charge in [-0.15, -0.1) is 18.3 Å².